The molecular formula is C2H4O2Sn. The third kappa shape index (κ3) is 304. The Labute approximate surface area is 47.1 Å². The molecule has 1 N–H and O–H groups in total. The van der Waals surface area contributed by atoms with Crippen LogP contribution in [0.2, 0.25) is 0 Å². The summed E-state index contributed by atoms with van der Waals surface area (Å²) in [6.45, 7) is 1.08. The normalized spacial score (nSPS) is 5.00. The van der Waals surface area contributed by atoms with Gasteiger partial charge in [0.25, 0.3) is 5.97 Å². The van der Waals surface area contributed by atoms with Gasteiger partial charge in [0.1, 0.15) is 0 Å². The number of carboxylic acids is 1. The Morgan fingerprint density at radius 1 is 1.80 bits per heavy atom. The predicted octanol–water partition coefficient (Wildman–Crippen LogP) is -0.290. The van der Waals surface area contributed by atoms with Crippen LogP contribution in [0.25, 0.3) is 0 Å². The molecule has 2 nitrogen and oxygen atoms in total. The molecule has 0 aliphatic rings. The van der Waals surface area contributed by atoms with E-state index in [0.717, 1.165) is 6.92 Å². The van der Waals surface area contributed by atoms with Crippen LogP contribution in [0.5, 0.6) is 0 Å². The molecule has 0 aromatic heterocycles. The smallest absolute Gasteiger partial charge is 0.300 e. The van der Waals surface area contributed by atoms with E-state index in [1.54, 1.807) is 0 Å². The summed E-state index contributed by atoms with van der Waals surface area (Å²) in [5, 5.41) is 7.42. The first-order valence-electron chi connectivity index (χ1n) is 0.928. The quantitative estimate of drug-likeness (QED) is 0.518. The van der Waals surface area contributed by atoms with Crippen molar-refractivity contribution in [3.8, 4) is 0 Å². The van der Waals surface area contributed by atoms with Crippen molar-refractivity contribution in [2.45, 2.75) is 6.92 Å². The molecule has 3 heteroatoms. The van der Waals surface area contributed by atoms with Gasteiger partial charge in [-0.1, -0.05) is 0 Å². The van der Waals surface area contributed by atoms with Gasteiger partial charge in [-0.15, -0.1) is 0 Å². The first-order valence-corrected chi connectivity index (χ1v) is 0.928. The zero-order chi connectivity index (χ0) is 3.58. The van der Waals surface area contributed by atoms with Crippen molar-refractivity contribution in [1.29, 1.82) is 0 Å². The van der Waals surface area contributed by atoms with Crippen LogP contribution >= 0.6 is 0 Å². The second kappa shape index (κ2) is 4.27. The van der Waals surface area contributed by atoms with Crippen molar-refractivity contribution in [2.75, 3.05) is 0 Å². The van der Waals surface area contributed by atoms with E-state index >= 15 is 0 Å². The minimum Gasteiger partial charge on any atom is -0.481 e. The van der Waals surface area contributed by atoms with Crippen molar-refractivity contribution in [3.63, 3.8) is 0 Å². The van der Waals surface area contributed by atoms with Gasteiger partial charge < -0.3 is 5.11 Å². The van der Waals surface area contributed by atoms with Crippen LogP contribution < -0.4 is 0 Å². The average Bonchev–Trinajstić information content (AvgIpc) is 0.811. The van der Waals surface area contributed by atoms with Crippen molar-refractivity contribution in [2.24, 2.45) is 0 Å². The van der Waals surface area contributed by atoms with Crippen LogP contribution in [-0.2, 0) is 4.79 Å². The maximum absolute atomic E-state index is 9.00. The Morgan fingerprint density at radius 3 is 1.80 bits per heavy atom. The summed E-state index contributed by atoms with van der Waals surface area (Å²) in [7, 11) is 0. The Bertz CT molecular complexity index is 30.6. The fourth-order valence-electron chi connectivity index (χ4n) is 0. The monoisotopic (exact) mass is 180 g/mol. The third-order valence-electron chi connectivity index (χ3n) is 0. The molecule has 0 saturated carbocycles. The van der Waals surface area contributed by atoms with E-state index in [1.807, 2.05) is 0 Å². The molecule has 0 rings (SSSR count). The molecule has 5 heavy (non-hydrogen) atoms. The average molecular weight is 179 g/mol. The fraction of sp³-hybridized carbons (Fsp3) is 0.500. The summed E-state index contributed by atoms with van der Waals surface area (Å²) in [6, 6.07) is 0. The SMILES string of the molecule is CC(=O)O.[Sn]. The van der Waals surface area contributed by atoms with Gasteiger partial charge in [-0.25, -0.2) is 0 Å². The molecule has 0 amide bonds. The Morgan fingerprint density at radius 2 is 1.80 bits per heavy atom. The predicted molar refractivity (Wildman–Crippen MR) is 19.1 cm³/mol. The maximum Gasteiger partial charge on any atom is 0.300 e. The van der Waals surface area contributed by atoms with Gasteiger partial charge in [0.2, 0.25) is 0 Å². The molecule has 0 saturated heterocycles. The zero-order valence-corrected chi connectivity index (χ0v) is 5.71. The molecule has 4 radical (unpaired) electrons. The fourth-order valence-corrected chi connectivity index (χ4v) is 0. The Hall–Kier alpha value is 0.269. The first-order chi connectivity index (χ1) is 1.73. The maximum atomic E-state index is 9.00. The second-order valence-electron chi connectivity index (χ2n) is 0.519. The van der Waals surface area contributed by atoms with E-state index in [4.69, 9.17) is 9.90 Å². The van der Waals surface area contributed by atoms with Crippen molar-refractivity contribution in [1.82, 2.24) is 0 Å². The number of rotatable bonds is 0. The molecule has 0 aliphatic carbocycles. The molecule has 0 bridgehead atoms. The molecule has 0 atom stereocenters. The number of hydrogen-bond acceptors (Lipinski definition) is 1. The van der Waals surface area contributed by atoms with Crippen LogP contribution in [0.15, 0.2) is 0 Å². The summed E-state index contributed by atoms with van der Waals surface area (Å²) in [5.74, 6) is -0.833. The third-order valence-corrected chi connectivity index (χ3v) is 0. The number of carboxylic acid groups (broad SMARTS) is 1. The number of hydrogen-bond donors (Lipinski definition) is 1. The number of aliphatic carboxylic acids is 1. The topological polar surface area (TPSA) is 37.3 Å². The van der Waals surface area contributed by atoms with Crippen molar-refractivity contribution in [3.05, 3.63) is 0 Å². The largest absolute Gasteiger partial charge is 0.481 e. The summed E-state index contributed by atoms with van der Waals surface area (Å²) >= 11 is 0. The van der Waals surface area contributed by atoms with E-state index in [2.05, 4.69) is 0 Å². The van der Waals surface area contributed by atoms with Crippen LogP contribution in [-0.4, -0.2) is 35.0 Å². The van der Waals surface area contributed by atoms with E-state index in [0.29, 0.717) is 0 Å². The van der Waals surface area contributed by atoms with Gasteiger partial charge in [-0.2, -0.15) is 0 Å². The zero-order valence-electron chi connectivity index (χ0n) is 2.86. The molecule has 0 unspecified atom stereocenters. The van der Waals surface area contributed by atoms with Crippen LogP contribution in [0, 0.1) is 0 Å². The van der Waals surface area contributed by atoms with E-state index in [1.165, 1.54) is 0 Å². The molecular weight excluding hydrogens is 175 g/mol. The van der Waals surface area contributed by atoms with Crippen molar-refractivity contribution >= 4 is 29.9 Å². The van der Waals surface area contributed by atoms with Gasteiger partial charge in [0.15, 0.2) is 0 Å². The second-order valence-corrected chi connectivity index (χ2v) is 0.519. The molecule has 0 aromatic rings. The molecule has 0 aromatic carbocycles. The summed E-state index contributed by atoms with van der Waals surface area (Å²) < 4.78 is 0. The van der Waals surface area contributed by atoms with E-state index in [9.17, 15) is 0 Å². The van der Waals surface area contributed by atoms with Gasteiger partial charge in [-0.05, 0) is 0 Å². The number of carbonyl (C=O) groups is 1. The van der Waals surface area contributed by atoms with Gasteiger partial charge in [0, 0.05) is 30.8 Å². The van der Waals surface area contributed by atoms with Crippen LogP contribution in [0.1, 0.15) is 6.92 Å². The first kappa shape index (κ1) is 8.99. The van der Waals surface area contributed by atoms with Crippen LogP contribution in [0.4, 0.5) is 0 Å². The summed E-state index contributed by atoms with van der Waals surface area (Å²) in [5.41, 5.74) is 0. The van der Waals surface area contributed by atoms with Crippen molar-refractivity contribution < 1.29 is 9.90 Å². The summed E-state index contributed by atoms with van der Waals surface area (Å²) in [4.78, 5) is 9.00. The molecule has 0 aliphatic heterocycles. The Kier molecular flexibility index (Phi) is 7.67. The van der Waals surface area contributed by atoms with Gasteiger partial charge in [0.05, 0.1) is 0 Å². The van der Waals surface area contributed by atoms with E-state index < -0.39 is 5.97 Å². The Balaban J connectivity index is 0. The minimum atomic E-state index is -0.833. The molecule has 0 spiro atoms. The minimum absolute atomic E-state index is 0. The van der Waals surface area contributed by atoms with Gasteiger partial charge in [-0.3, -0.25) is 4.79 Å². The molecule has 0 fully saturated rings. The molecule has 0 heterocycles. The standard InChI is InChI=1S/C2H4O2.Sn/c1-2(3)4;/h1H3,(H,3,4);. The van der Waals surface area contributed by atoms with Crippen LogP contribution in [0.3, 0.4) is 0 Å². The van der Waals surface area contributed by atoms with E-state index in [-0.39, 0.29) is 23.9 Å². The molecule has 28 valence electrons. The van der Waals surface area contributed by atoms with Gasteiger partial charge >= 0.3 is 0 Å². The summed E-state index contributed by atoms with van der Waals surface area (Å²) in [6.07, 6.45) is 0.